The van der Waals surface area contributed by atoms with Gasteiger partial charge in [-0.1, -0.05) is 0 Å². The Kier molecular flexibility index (Phi) is 4.15. The van der Waals surface area contributed by atoms with E-state index in [1.54, 1.807) is 50.0 Å². The minimum absolute atomic E-state index is 0.252. The van der Waals surface area contributed by atoms with Crippen molar-refractivity contribution in [2.24, 2.45) is 0 Å². The summed E-state index contributed by atoms with van der Waals surface area (Å²) in [6.45, 7) is 1.78. The highest BCUT2D eigenvalue weighted by Gasteiger charge is 2.17. The summed E-state index contributed by atoms with van der Waals surface area (Å²) in [4.78, 5) is 33.9. The minimum Gasteiger partial charge on any atom is -0.320 e. The number of aromatic nitrogens is 7. The second-order valence-electron chi connectivity index (χ2n) is 5.21. The molecule has 0 aliphatic heterocycles. The van der Waals surface area contributed by atoms with E-state index in [2.05, 4.69) is 35.3 Å². The Morgan fingerprint density at radius 3 is 2.73 bits per heavy atom. The Morgan fingerprint density at radius 1 is 1.19 bits per heavy atom. The van der Waals surface area contributed by atoms with Gasteiger partial charge in [-0.3, -0.25) is 4.79 Å². The Morgan fingerprint density at radius 2 is 2.04 bits per heavy atom. The third kappa shape index (κ3) is 3.17. The van der Waals surface area contributed by atoms with E-state index in [1.165, 1.54) is 22.3 Å². The molecule has 0 bridgehead atoms. The van der Waals surface area contributed by atoms with Crippen molar-refractivity contribution in [3.05, 3.63) is 60.0 Å². The van der Waals surface area contributed by atoms with Crippen molar-refractivity contribution >= 4 is 22.9 Å². The molecule has 4 aromatic rings. The van der Waals surface area contributed by atoms with Gasteiger partial charge in [0.15, 0.2) is 16.6 Å². The third-order valence-electron chi connectivity index (χ3n) is 3.42. The van der Waals surface area contributed by atoms with E-state index in [4.69, 9.17) is 0 Å². The normalized spacial score (nSPS) is 10.7. The molecule has 0 spiro atoms. The number of nitrogens with zero attached hydrogens (tertiary/aromatic N) is 7. The standard InChI is InChI=1S/C16H12N8OS/c1-10-13(26-16(22-10)14-18-5-2-6-19-14)15(25)23-11-3-4-12(20-7-11)24-9-17-8-21-24/h2-9H,1H3,(H,23,25). The van der Waals surface area contributed by atoms with Crippen LogP contribution in [-0.4, -0.2) is 40.6 Å². The lowest BCUT2D eigenvalue weighted by molar-refractivity contribution is 0.103. The van der Waals surface area contributed by atoms with Gasteiger partial charge in [-0.05, 0) is 25.1 Å². The molecule has 10 heteroatoms. The molecule has 0 radical (unpaired) electrons. The molecule has 1 amide bonds. The Labute approximate surface area is 151 Å². The molecule has 0 atom stereocenters. The van der Waals surface area contributed by atoms with Gasteiger partial charge in [0.1, 0.15) is 17.5 Å². The third-order valence-corrected chi connectivity index (χ3v) is 4.57. The van der Waals surface area contributed by atoms with Crippen LogP contribution >= 0.6 is 11.3 Å². The number of anilines is 1. The van der Waals surface area contributed by atoms with Crippen LogP contribution in [0.5, 0.6) is 0 Å². The first kappa shape index (κ1) is 16.0. The van der Waals surface area contributed by atoms with Crippen LogP contribution in [0.3, 0.4) is 0 Å². The zero-order valence-corrected chi connectivity index (χ0v) is 14.4. The van der Waals surface area contributed by atoms with Crippen molar-refractivity contribution in [2.75, 3.05) is 5.32 Å². The number of hydrogen-bond donors (Lipinski definition) is 1. The summed E-state index contributed by atoms with van der Waals surface area (Å²) in [7, 11) is 0. The van der Waals surface area contributed by atoms with Crippen molar-refractivity contribution in [1.82, 2.24) is 34.7 Å². The first-order chi connectivity index (χ1) is 12.7. The van der Waals surface area contributed by atoms with Gasteiger partial charge < -0.3 is 5.32 Å². The molecule has 128 valence electrons. The van der Waals surface area contributed by atoms with E-state index in [0.29, 0.717) is 32.9 Å². The highest BCUT2D eigenvalue weighted by molar-refractivity contribution is 7.17. The van der Waals surface area contributed by atoms with Gasteiger partial charge in [0.25, 0.3) is 5.91 Å². The van der Waals surface area contributed by atoms with E-state index >= 15 is 0 Å². The summed E-state index contributed by atoms with van der Waals surface area (Å²) >= 11 is 1.25. The first-order valence-electron chi connectivity index (χ1n) is 7.58. The topological polar surface area (TPSA) is 111 Å². The fourth-order valence-electron chi connectivity index (χ4n) is 2.22. The fourth-order valence-corrected chi connectivity index (χ4v) is 3.13. The molecule has 0 aliphatic carbocycles. The minimum atomic E-state index is -0.252. The van der Waals surface area contributed by atoms with Crippen molar-refractivity contribution in [2.45, 2.75) is 6.92 Å². The molecule has 0 fully saturated rings. The van der Waals surface area contributed by atoms with Crippen LogP contribution in [-0.2, 0) is 0 Å². The predicted molar refractivity (Wildman–Crippen MR) is 95.0 cm³/mol. The molecule has 26 heavy (non-hydrogen) atoms. The monoisotopic (exact) mass is 364 g/mol. The van der Waals surface area contributed by atoms with Crippen LogP contribution in [0.15, 0.2) is 49.4 Å². The smallest absolute Gasteiger partial charge is 0.267 e. The Bertz CT molecular complexity index is 1030. The molecule has 0 saturated carbocycles. The molecule has 9 nitrogen and oxygen atoms in total. The Hall–Kier alpha value is -3.53. The SMILES string of the molecule is Cc1nc(-c2ncccn2)sc1C(=O)Nc1ccc(-n2cncn2)nc1. The summed E-state index contributed by atoms with van der Waals surface area (Å²) in [5.41, 5.74) is 1.20. The number of carbonyl (C=O) groups excluding carboxylic acids is 1. The van der Waals surface area contributed by atoms with Gasteiger partial charge in [-0.2, -0.15) is 5.10 Å². The van der Waals surface area contributed by atoms with Crippen molar-refractivity contribution < 1.29 is 4.79 Å². The number of aryl methyl sites for hydroxylation is 1. The van der Waals surface area contributed by atoms with E-state index in [-0.39, 0.29) is 5.91 Å². The predicted octanol–water partition coefficient (Wildman–Crippen LogP) is 2.14. The van der Waals surface area contributed by atoms with Gasteiger partial charge in [-0.25, -0.2) is 29.6 Å². The highest BCUT2D eigenvalue weighted by atomic mass is 32.1. The summed E-state index contributed by atoms with van der Waals surface area (Å²) in [6.07, 6.45) is 7.82. The molecule has 4 rings (SSSR count). The van der Waals surface area contributed by atoms with Gasteiger partial charge in [-0.15, -0.1) is 11.3 Å². The fraction of sp³-hybridized carbons (Fsp3) is 0.0625. The number of nitrogens with one attached hydrogen (secondary N) is 1. The lowest BCUT2D eigenvalue weighted by Gasteiger charge is -2.05. The van der Waals surface area contributed by atoms with Crippen LogP contribution in [0.4, 0.5) is 5.69 Å². The summed E-state index contributed by atoms with van der Waals surface area (Å²) in [5.74, 6) is 0.856. The van der Waals surface area contributed by atoms with Gasteiger partial charge in [0, 0.05) is 12.4 Å². The summed E-state index contributed by atoms with van der Waals surface area (Å²) < 4.78 is 1.53. The zero-order chi connectivity index (χ0) is 17.9. The van der Waals surface area contributed by atoms with E-state index < -0.39 is 0 Å². The van der Waals surface area contributed by atoms with Crippen LogP contribution in [0.1, 0.15) is 15.4 Å². The lowest BCUT2D eigenvalue weighted by atomic mass is 10.3. The molecule has 0 unspecified atom stereocenters. The number of amides is 1. The van der Waals surface area contributed by atoms with E-state index in [0.717, 1.165) is 0 Å². The highest BCUT2D eigenvalue weighted by Crippen LogP contribution is 2.26. The molecule has 4 heterocycles. The Balaban J connectivity index is 1.52. The average molecular weight is 364 g/mol. The maximum atomic E-state index is 12.6. The van der Waals surface area contributed by atoms with E-state index in [1.807, 2.05) is 0 Å². The number of rotatable bonds is 4. The average Bonchev–Trinajstić information content (AvgIpc) is 3.33. The molecule has 0 aromatic carbocycles. The molecule has 0 aliphatic rings. The van der Waals surface area contributed by atoms with Crippen molar-refractivity contribution in [1.29, 1.82) is 0 Å². The molecular weight excluding hydrogens is 352 g/mol. The number of carbonyl (C=O) groups is 1. The first-order valence-corrected chi connectivity index (χ1v) is 8.39. The second kappa shape index (κ2) is 6.76. The van der Waals surface area contributed by atoms with Crippen molar-refractivity contribution in [3.63, 3.8) is 0 Å². The number of hydrogen-bond acceptors (Lipinski definition) is 8. The largest absolute Gasteiger partial charge is 0.320 e. The zero-order valence-electron chi connectivity index (χ0n) is 13.6. The van der Waals surface area contributed by atoms with Gasteiger partial charge in [0.05, 0.1) is 17.6 Å². The van der Waals surface area contributed by atoms with Crippen LogP contribution in [0, 0.1) is 6.92 Å². The lowest BCUT2D eigenvalue weighted by Crippen LogP contribution is -2.12. The maximum absolute atomic E-state index is 12.6. The maximum Gasteiger partial charge on any atom is 0.267 e. The number of thiazole rings is 1. The second-order valence-corrected chi connectivity index (χ2v) is 6.20. The molecule has 0 saturated heterocycles. The van der Waals surface area contributed by atoms with Crippen molar-refractivity contribution in [3.8, 4) is 16.6 Å². The quantitative estimate of drug-likeness (QED) is 0.590. The van der Waals surface area contributed by atoms with Crippen LogP contribution in [0.2, 0.25) is 0 Å². The number of pyridine rings is 1. The van der Waals surface area contributed by atoms with Gasteiger partial charge in [0.2, 0.25) is 0 Å². The molecule has 4 aromatic heterocycles. The summed E-state index contributed by atoms with van der Waals surface area (Å²) in [5, 5.41) is 7.43. The van der Waals surface area contributed by atoms with Crippen LogP contribution in [0.25, 0.3) is 16.6 Å². The van der Waals surface area contributed by atoms with Gasteiger partial charge >= 0.3 is 0 Å². The molecular formula is C16H12N8OS. The van der Waals surface area contributed by atoms with Crippen LogP contribution < -0.4 is 5.32 Å². The molecule has 1 N–H and O–H groups in total. The summed E-state index contributed by atoms with van der Waals surface area (Å²) in [6, 6.07) is 5.22. The van der Waals surface area contributed by atoms with E-state index in [9.17, 15) is 4.79 Å².